The topological polar surface area (TPSA) is 118 Å². The number of aryl methyl sites for hydroxylation is 1. The maximum absolute atomic E-state index is 12.6. The molecular formula is C27H33BrN8O3S. The Morgan fingerprint density at radius 3 is 2.45 bits per heavy atom. The summed E-state index contributed by atoms with van der Waals surface area (Å²) in [5.74, 6) is 1.40. The highest BCUT2D eigenvalue weighted by atomic mass is 79.9. The van der Waals surface area contributed by atoms with Crippen LogP contribution in [0.2, 0.25) is 0 Å². The highest BCUT2D eigenvalue weighted by molar-refractivity contribution is 9.10. The summed E-state index contributed by atoms with van der Waals surface area (Å²) in [4.78, 5) is 14.0. The van der Waals surface area contributed by atoms with Crippen molar-refractivity contribution in [3.8, 4) is 5.75 Å². The molecule has 1 saturated heterocycles. The fourth-order valence-electron chi connectivity index (χ4n) is 4.82. The van der Waals surface area contributed by atoms with Crippen LogP contribution in [0.1, 0.15) is 13.8 Å². The second kappa shape index (κ2) is 11.2. The molecule has 3 heterocycles. The molecule has 4 aromatic rings. The minimum absolute atomic E-state index is 0.148. The number of fused-ring (bicyclic) bond motifs is 1. The molecule has 11 nitrogen and oxygen atoms in total. The van der Waals surface area contributed by atoms with Crippen LogP contribution in [0.3, 0.4) is 0 Å². The molecule has 212 valence electrons. The largest absolute Gasteiger partial charge is 0.494 e. The number of nitrogens with one attached hydrogen (secondary N) is 2. The predicted octanol–water partition coefficient (Wildman–Crippen LogP) is 4.56. The van der Waals surface area contributed by atoms with E-state index in [-0.39, 0.29) is 4.90 Å². The van der Waals surface area contributed by atoms with Gasteiger partial charge in [0.1, 0.15) is 11.6 Å². The van der Waals surface area contributed by atoms with Crippen LogP contribution in [0.25, 0.3) is 10.9 Å². The first-order chi connectivity index (χ1) is 19.0. The minimum atomic E-state index is -3.54. The van der Waals surface area contributed by atoms with Crippen molar-refractivity contribution in [1.29, 1.82) is 0 Å². The van der Waals surface area contributed by atoms with Crippen molar-refractivity contribution >= 4 is 65.5 Å². The van der Waals surface area contributed by atoms with E-state index in [1.54, 1.807) is 43.4 Å². The summed E-state index contributed by atoms with van der Waals surface area (Å²) in [5, 5.41) is 11.5. The van der Waals surface area contributed by atoms with Crippen LogP contribution in [0.4, 0.5) is 28.8 Å². The SMILES string of the molecule is COc1cc(N2CCN(C(C)C)CC2)ccc1Nc1ncc(Br)c(Nc2cc3cnn(C)c3cc2S(C)(=O)=O)n1. The van der Waals surface area contributed by atoms with Crippen molar-refractivity contribution < 1.29 is 13.2 Å². The van der Waals surface area contributed by atoms with Gasteiger partial charge in [0.25, 0.3) is 0 Å². The average Bonchev–Trinajstić information content (AvgIpc) is 3.29. The van der Waals surface area contributed by atoms with Crippen LogP contribution in [-0.4, -0.2) is 78.7 Å². The number of hydrogen-bond acceptors (Lipinski definition) is 10. The number of benzene rings is 2. The second-order valence-electron chi connectivity index (χ2n) is 10.1. The van der Waals surface area contributed by atoms with E-state index in [1.807, 2.05) is 12.1 Å². The van der Waals surface area contributed by atoms with Gasteiger partial charge in [-0.25, -0.2) is 13.4 Å². The van der Waals surface area contributed by atoms with Gasteiger partial charge >= 0.3 is 0 Å². The normalized spacial score (nSPS) is 14.6. The van der Waals surface area contributed by atoms with Crippen molar-refractivity contribution in [2.24, 2.45) is 7.05 Å². The Bertz CT molecular complexity index is 1650. The van der Waals surface area contributed by atoms with E-state index in [0.717, 1.165) is 37.3 Å². The van der Waals surface area contributed by atoms with Gasteiger partial charge in [0, 0.05) is 68.9 Å². The standard InChI is InChI=1S/C27H33BrN8O3S/c1-17(2)35-8-10-36(11-9-35)19-6-7-21(24(13-19)39-4)32-27-29-16-20(28)26(33-27)31-22-12-18-15-30-34(3)23(18)14-25(22)40(5,37)38/h6-7,12-17H,8-11H2,1-5H3,(H2,29,31,32,33). The number of ether oxygens (including phenoxy) is 1. The molecule has 40 heavy (non-hydrogen) atoms. The molecular weight excluding hydrogens is 596 g/mol. The Labute approximate surface area is 242 Å². The maximum Gasteiger partial charge on any atom is 0.229 e. The minimum Gasteiger partial charge on any atom is -0.494 e. The third-order valence-corrected chi connectivity index (χ3v) is 8.80. The van der Waals surface area contributed by atoms with E-state index in [9.17, 15) is 8.42 Å². The van der Waals surface area contributed by atoms with Gasteiger partial charge < -0.3 is 20.3 Å². The molecule has 0 unspecified atom stereocenters. The highest BCUT2D eigenvalue weighted by Crippen LogP contribution is 2.35. The van der Waals surface area contributed by atoms with E-state index in [4.69, 9.17) is 4.74 Å². The summed E-state index contributed by atoms with van der Waals surface area (Å²) in [6.07, 6.45) is 4.47. The number of nitrogens with zero attached hydrogens (tertiary/aromatic N) is 6. The van der Waals surface area contributed by atoms with Crippen LogP contribution in [0.15, 0.2) is 52.1 Å². The molecule has 0 spiro atoms. The predicted molar refractivity (Wildman–Crippen MR) is 162 cm³/mol. The van der Waals surface area contributed by atoms with E-state index >= 15 is 0 Å². The fraction of sp³-hybridized carbons (Fsp3) is 0.370. The molecule has 1 fully saturated rings. The summed E-state index contributed by atoms with van der Waals surface area (Å²) in [6, 6.07) is 9.96. The van der Waals surface area contributed by atoms with Gasteiger partial charge in [0.05, 0.1) is 39.6 Å². The lowest BCUT2D eigenvalue weighted by Crippen LogP contribution is -2.48. The number of aromatic nitrogens is 4. The molecule has 1 aliphatic heterocycles. The Hall–Kier alpha value is -3.42. The molecule has 0 amide bonds. The van der Waals surface area contributed by atoms with Crippen LogP contribution in [0.5, 0.6) is 5.75 Å². The molecule has 2 aromatic carbocycles. The van der Waals surface area contributed by atoms with Gasteiger partial charge in [0.15, 0.2) is 9.84 Å². The van der Waals surface area contributed by atoms with Crippen molar-refractivity contribution in [1.82, 2.24) is 24.6 Å². The van der Waals surface area contributed by atoms with Gasteiger partial charge in [-0.1, -0.05) is 0 Å². The molecule has 2 aromatic heterocycles. The number of hydrogen-bond donors (Lipinski definition) is 2. The first kappa shape index (κ1) is 28.1. The second-order valence-corrected chi connectivity index (χ2v) is 12.9. The summed E-state index contributed by atoms with van der Waals surface area (Å²) < 4.78 is 33.2. The monoisotopic (exact) mass is 628 g/mol. The number of piperazine rings is 1. The van der Waals surface area contributed by atoms with Gasteiger partial charge in [-0.05, 0) is 54.0 Å². The van der Waals surface area contributed by atoms with Gasteiger partial charge in [0.2, 0.25) is 5.95 Å². The van der Waals surface area contributed by atoms with E-state index < -0.39 is 9.84 Å². The maximum atomic E-state index is 12.6. The third-order valence-electron chi connectivity index (χ3n) is 7.09. The van der Waals surface area contributed by atoms with Crippen molar-refractivity contribution in [3.63, 3.8) is 0 Å². The van der Waals surface area contributed by atoms with Gasteiger partial charge in [-0.2, -0.15) is 10.1 Å². The third kappa shape index (κ3) is 5.86. The lowest BCUT2D eigenvalue weighted by Gasteiger charge is -2.38. The number of sulfone groups is 1. The molecule has 1 aliphatic rings. The lowest BCUT2D eigenvalue weighted by atomic mass is 10.2. The van der Waals surface area contributed by atoms with Crippen LogP contribution >= 0.6 is 15.9 Å². The Balaban J connectivity index is 1.40. The number of anilines is 5. The first-order valence-corrected chi connectivity index (χ1v) is 15.6. The summed E-state index contributed by atoms with van der Waals surface area (Å²) in [6.45, 7) is 8.43. The molecule has 5 rings (SSSR count). The molecule has 13 heteroatoms. The van der Waals surface area contributed by atoms with Crippen LogP contribution in [0, 0.1) is 0 Å². The van der Waals surface area contributed by atoms with Crippen LogP contribution < -0.4 is 20.3 Å². The number of rotatable bonds is 8. The highest BCUT2D eigenvalue weighted by Gasteiger charge is 2.21. The van der Waals surface area contributed by atoms with Crippen molar-refractivity contribution in [3.05, 3.63) is 47.2 Å². The summed E-state index contributed by atoms with van der Waals surface area (Å²) in [5.41, 5.74) is 2.93. The molecule has 0 bridgehead atoms. The van der Waals surface area contributed by atoms with E-state index in [1.165, 1.54) is 6.26 Å². The van der Waals surface area contributed by atoms with E-state index in [2.05, 4.69) is 71.3 Å². The zero-order valence-corrected chi connectivity index (χ0v) is 25.5. The summed E-state index contributed by atoms with van der Waals surface area (Å²) >= 11 is 3.48. The molecule has 0 radical (unpaired) electrons. The zero-order chi connectivity index (χ0) is 28.6. The molecule has 2 N–H and O–H groups in total. The molecule has 0 atom stereocenters. The lowest BCUT2D eigenvalue weighted by molar-refractivity contribution is 0.209. The smallest absolute Gasteiger partial charge is 0.229 e. The Morgan fingerprint density at radius 1 is 1.02 bits per heavy atom. The molecule has 0 aliphatic carbocycles. The Kier molecular flexibility index (Phi) is 7.89. The van der Waals surface area contributed by atoms with Gasteiger partial charge in [-0.3, -0.25) is 9.58 Å². The average molecular weight is 630 g/mol. The van der Waals surface area contributed by atoms with E-state index in [0.29, 0.717) is 44.9 Å². The van der Waals surface area contributed by atoms with Crippen molar-refractivity contribution in [2.45, 2.75) is 24.8 Å². The number of methoxy groups -OCH3 is 1. The fourth-order valence-corrected chi connectivity index (χ4v) is 5.95. The quantitative estimate of drug-likeness (QED) is 0.288. The van der Waals surface area contributed by atoms with Crippen molar-refractivity contribution in [2.75, 3.05) is 55.1 Å². The number of halogens is 1. The zero-order valence-electron chi connectivity index (χ0n) is 23.1. The van der Waals surface area contributed by atoms with Crippen LogP contribution in [-0.2, 0) is 16.9 Å². The van der Waals surface area contributed by atoms with Gasteiger partial charge in [-0.15, -0.1) is 0 Å². The summed E-state index contributed by atoms with van der Waals surface area (Å²) in [7, 11) is -0.134. The first-order valence-electron chi connectivity index (χ1n) is 12.9. The Morgan fingerprint density at radius 2 is 1.77 bits per heavy atom. The molecule has 0 saturated carbocycles.